The zero-order valence-corrected chi connectivity index (χ0v) is 17.3. The van der Waals surface area contributed by atoms with Crippen molar-refractivity contribution in [3.05, 3.63) is 59.8 Å². The molecule has 0 bridgehead atoms. The molecule has 0 aliphatic heterocycles. The van der Waals surface area contributed by atoms with Crippen LogP contribution >= 0.6 is 0 Å². The maximum absolute atomic E-state index is 13.0. The van der Waals surface area contributed by atoms with Crippen LogP contribution in [0.15, 0.2) is 53.6 Å². The van der Waals surface area contributed by atoms with Gasteiger partial charge in [0.1, 0.15) is 11.8 Å². The number of aliphatic carboxylic acids is 1. The first-order valence-electron chi connectivity index (χ1n) is 9.19. The first kappa shape index (κ1) is 20.9. The van der Waals surface area contributed by atoms with E-state index in [1.54, 1.807) is 26.0 Å². The molecule has 29 heavy (non-hydrogen) atoms. The van der Waals surface area contributed by atoms with Crippen LogP contribution in [0.5, 0.6) is 5.75 Å². The van der Waals surface area contributed by atoms with Crippen molar-refractivity contribution < 1.29 is 23.1 Å². The van der Waals surface area contributed by atoms with Gasteiger partial charge in [-0.2, -0.15) is 4.72 Å². The van der Waals surface area contributed by atoms with Gasteiger partial charge in [-0.05, 0) is 65.3 Å². The van der Waals surface area contributed by atoms with Crippen molar-refractivity contribution in [1.29, 1.82) is 0 Å². The number of hydrogen-bond donors (Lipinski definition) is 3. The van der Waals surface area contributed by atoms with E-state index in [0.717, 1.165) is 16.5 Å². The third-order valence-electron chi connectivity index (χ3n) is 4.78. The van der Waals surface area contributed by atoms with Gasteiger partial charge in [0.05, 0.1) is 12.0 Å². The van der Waals surface area contributed by atoms with Gasteiger partial charge in [0.15, 0.2) is 0 Å². The smallest absolute Gasteiger partial charge is 0.322 e. The summed E-state index contributed by atoms with van der Waals surface area (Å²) < 4.78 is 33.6. The number of hydrogen-bond acceptors (Lipinski definition) is 4. The van der Waals surface area contributed by atoms with Crippen LogP contribution in [0.4, 0.5) is 0 Å². The number of aromatic nitrogens is 1. The molecule has 3 N–H and O–H groups in total. The van der Waals surface area contributed by atoms with Crippen LogP contribution in [-0.2, 0) is 21.2 Å². The second-order valence-electron chi connectivity index (χ2n) is 7.23. The number of ether oxygens (including phenoxy) is 1. The Morgan fingerprint density at radius 2 is 1.93 bits per heavy atom. The number of sulfonamides is 1. The summed E-state index contributed by atoms with van der Waals surface area (Å²) in [6.07, 6.45) is 2.20. The lowest BCUT2D eigenvalue weighted by Gasteiger charge is -2.19. The van der Waals surface area contributed by atoms with E-state index < -0.39 is 28.0 Å². The topological polar surface area (TPSA) is 108 Å². The summed E-state index contributed by atoms with van der Waals surface area (Å²) in [6.45, 7) is 3.31. The highest BCUT2D eigenvalue weighted by Crippen LogP contribution is 2.26. The zero-order chi connectivity index (χ0) is 21.2. The number of benzene rings is 2. The fraction of sp³-hybridized carbons (Fsp3) is 0.286. The lowest BCUT2D eigenvalue weighted by atomic mass is 10.0. The number of carbonyl (C=O) groups is 1. The van der Waals surface area contributed by atoms with Crippen LogP contribution in [0.3, 0.4) is 0 Å². The van der Waals surface area contributed by atoms with Gasteiger partial charge in [-0.15, -0.1) is 0 Å². The van der Waals surface area contributed by atoms with Gasteiger partial charge in [-0.3, -0.25) is 4.79 Å². The van der Waals surface area contributed by atoms with Gasteiger partial charge in [0.2, 0.25) is 10.0 Å². The van der Waals surface area contributed by atoms with Crippen LogP contribution in [0.2, 0.25) is 0 Å². The van der Waals surface area contributed by atoms with Gasteiger partial charge in [-0.1, -0.05) is 19.9 Å². The molecular formula is C21H24N2O5S. The predicted octanol–water partition coefficient (Wildman–Crippen LogP) is 3.15. The molecule has 0 unspecified atom stereocenters. The summed E-state index contributed by atoms with van der Waals surface area (Å²) in [5, 5.41) is 10.4. The fourth-order valence-electron chi connectivity index (χ4n) is 3.22. The minimum absolute atomic E-state index is 0.0411. The highest BCUT2D eigenvalue weighted by atomic mass is 32.2. The lowest BCUT2D eigenvalue weighted by Crippen LogP contribution is -2.44. The largest absolute Gasteiger partial charge is 0.497 e. The van der Waals surface area contributed by atoms with Crippen molar-refractivity contribution in [3.63, 3.8) is 0 Å². The van der Waals surface area contributed by atoms with Crippen molar-refractivity contribution >= 4 is 26.9 Å². The molecule has 0 saturated carbocycles. The summed E-state index contributed by atoms with van der Waals surface area (Å²) in [6, 6.07) is 11.3. The van der Waals surface area contributed by atoms with Crippen molar-refractivity contribution in [2.45, 2.75) is 31.2 Å². The molecule has 8 heteroatoms. The summed E-state index contributed by atoms with van der Waals surface area (Å²) >= 11 is 0. The Morgan fingerprint density at radius 3 is 2.59 bits per heavy atom. The number of aromatic amines is 1. The molecule has 2 aromatic carbocycles. The Labute approximate surface area is 169 Å². The molecule has 3 aromatic rings. The number of rotatable bonds is 8. The molecule has 0 aliphatic carbocycles. The zero-order valence-electron chi connectivity index (χ0n) is 16.5. The molecule has 0 radical (unpaired) electrons. The average molecular weight is 416 g/mol. The monoisotopic (exact) mass is 416 g/mol. The number of carboxylic acid groups (broad SMARTS) is 1. The predicted molar refractivity (Wildman–Crippen MR) is 111 cm³/mol. The molecule has 0 aliphatic rings. The van der Waals surface area contributed by atoms with Crippen LogP contribution in [0, 0.1) is 5.92 Å². The van der Waals surface area contributed by atoms with Crippen LogP contribution in [0.1, 0.15) is 25.0 Å². The summed E-state index contributed by atoms with van der Waals surface area (Å²) in [5.41, 5.74) is 2.45. The maximum atomic E-state index is 13.0. The lowest BCUT2D eigenvalue weighted by molar-refractivity contribution is -0.140. The second-order valence-corrected chi connectivity index (χ2v) is 8.91. The van der Waals surface area contributed by atoms with E-state index in [-0.39, 0.29) is 4.90 Å². The molecule has 0 amide bonds. The molecule has 3 rings (SSSR count). The Kier molecular flexibility index (Phi) is 5.95. The summed E-state index contributed by atoms with van der Waals surface area (Å²) in [5.74, 6) is -1.09. The quantitative estimate of drug-likeness (QED) is 0.523. The van der Waals surface area contributed by atoms with E-state index in [2.05, 4.69) is 9.71 Å². The number of carboxylic acids is 1. The maximum Gasteiger partial charge on any atom is 0.322 e. The second kappa shape index (κ2) is 8.26. The standard InChI is InChI=1S/C21H24N2O5S/c1-13(2)20(21(24)25)23-29(26,27)19-7-5-17(28-3)12-16(19)11-14-4-6-18-15(10-14)8-9-22-18/h4-10,12-13,20,22-23H,11H2,1-3H3,(H,24,25)/t20-/m1/s1. The average Bonchev–Trinajstić information content (AvgIpc) is 3.13. The third-order valence-corrected chi connectivity index (χ3v) is 6.33. The fourth-order valence-corrected chi connectivity index (χ4v) is 4.78. The van der Waals surface area contributed by atoms with E-state index in [4.69, 9.17) is 4.74 Å². The molecule has 1 heterocycles. The van der Waals surface area contributed by atoms with Crippen molar-refractivity contribution in [2.24, 2.45) is 5.92 Å². The summed E-state index contributed by atoms with van der Waals surface area (Å²) in [7, 11) is -2.54. The van der Waals surface area contributed by atoms with E-state index in [1.807, 2.05) is 30.5 Å². The van der Waals surface area contributed by atoms with E-state index in [0.29, 0.717) is 17.7 Å². The van der Waals surface area contributed by atoms with Crippen LogP contribution in [-0.4, -0.2) is 37.6 Å². The van der Waals surface area contributed by atoms with Gasteiger partial charge >= 0.3 is 5.97 Å². The summed E-state index contributed by atoms with van der Waals surface area (Å²) in [4.78, 5) is 14.6. The molecule has 154 valence electrons. The van der Waals surface area contributed by atoms with Crippen molar-refractivity contribution in [3.8, 4) is 5.75 Å². The molecule has 1 aromatic heterocycles. The number of H-pyrrole nitrogens is 1. The first-order chi connectivity index (χ1) is 13.7. The number of fused-ring (bicyclic) bond motifs is 1. The van der Waals surface area contributed by atoms with Crippen LogP contribution < -0.4 is 9.46 Å². The Balaban J connectivity index is 2.01. The minimum atomic E-state index is -4.05. The van der Waals surface area contributed by atoms with Gasteiger partial charge < -0.3 is 14.8 Å². The number of nitrogens with one attached hydrogen (secondary N) is 2. The molecular weight excluding hydrogens is 392 g/mol. The van der Waals surface area contributed by atoms with Crippen molar-refractivity contribution in [1.82, 2.24) is 9.71 Å². The molecule has 0 saturated heterocycles. The minimum Gasteiger partial charge on any atom is -0.497 e. The van der Waals surface area contributed by atoms with Crippen LogP contribution in [0.25, 0.3) is 10.9 Å². The van der Waals surface area contributed by atoms with Gasteiger partial charge in [-0.25, -0.2) is 8.42 Å². The molecule has 1 atom stereocenters. The molecule has 7 nitrogen and oxygen atoms in total. The first-order valence-corrected chi connectivity index (χ1v) is 10.7. The normalized spacial score (nSPS) is 13.0. The van der Waals surface area contributed by atoms with E-state index >= 15 is 0 Å². The van der Waals surface area contributed by atoms with Gasteiger partial charge in [0, 0.05) is 11.7 Å². The highest BCUT2D eigenvalue weighted by molar-refractivity contribution is 7.89. The Hall–Kier alpha value is -2.84. The number of methoxy groups -OCH3 is 1. The highest BCUT2D eigenvalue weighted by Gasteiger charge is 2.29. The Morgan fingerprint density at radius 1 is 1.17 bits per heavy atom. The van der Waals surface area contributed by atoms with Crippen molar-refractivity contribution in [2.75, 3.05) is 7.11 Å². The molecule has 0 spiro atoms. The van der Waals surface area contributed by atoms with E-state index in [1.165, 1.54) is 13.2 Å². The van der Waals surface area contributed by atoms with E-state index in [9.17, 15) is 18.3 Å². The Bertz CT molecular complexity index is 1130. The SMILES string of the molecule is COc1ccc(S(=O)(=O)N[C@@H](C(=O)O)C(C)C)c(Cc2ccc3[nH]ccc3c2)c1. The third kappa shape index (κ3) is 4.60. The van der Waals surface area contributed by atoms with Gasteiger partial charge in [0.25, 0.3) is 0 Å². The molecule has 0 fully saturated rings.